The molecule has 2 rings (SSSR count). The Bertz CT molecular complexity index is 717. The van der Waals surface area contributed by atoms with Gasteiger partial charge in [0.2, 0.25) is 0 Å². The van der Waals surface area contributed by atoms with E-state index in [1.165, 1.54) is 24.4 Å². The Hall–Kier alpha value is -1.79. The summed E-state index contributed by atoms with van der Waals surface area (Å²) in [5.41, 5.74) is 6.98. The number of aryl methyl sites for hydroxylation is 1. The highest BCUT2D eigenvalue weighted by Gasteiger charge is 2.15. The normalized spacial score (nSPS) is 11.3. The quantitative estimate of drug-likeness (QED) is 0.852. The number of pyridine rings is 1. The van der Waals surface area contributed by atoms with Gasteiger partial charge in [0.15, 0.2) is 0 Å². The van der Waals surface area contributed by atoms with Crippen LogP contribution in [0.25, 0.3) is 0 Å². The van der Waals surface area contributed by atoms with Crippen molar-refractivity contribution in [1.82, 2.24) is 4.98 Å². The van der Waals surface area contributed by atoms with E-state index in [9.17, 15) is 8.42 Å². The summed E-state index contributed by atoms with van der Waals surface area (Å²) in [6.45, 7) is 1.78. The number of rotatable bonds is 3. The summed E-state index contributed by atoms with van der Waals surface area (Å²) >= 11 is 5.76. The van der Waals surface area contributed by atoms with Crippen LogP contribution in [0.1, 0.15) is 5.69 Å². The molecular weight excluding hydrogens is 286 g/mol. The van der Waals surface area contributed by atoms with Gasteiger partial charge in [-0.2, -0.15) is 0 Å². The molecule has 7 heteroatoms. The average Bonchev–Trinajstić information content (AvgIpc) is 2.32. The maximum absolute atomic E-state index is 12.1. The Balaban J connectivity index is 2.35. The first-order valence-corrected chi connectivity index (χ1v) is 7.25. The fourth-order valence-electron chi connectivity index (χ4n) is 1.51. The number of hydrogen-bond acceptors (Lipinski definition) is 4. The van der Waals surface area contributed by atoms with E-state index >= 15 is 0 Å². The van der Waals surface area contributed by atoms with E-state index in [-0.39, 0.29) is 10.6 Å². The Morgan fingerprint density at radius 1 is 1.26 bits per heavy atom. The fraction of sp³-hybridized carbons (Fsp3) is 0.0833. The number of hydrogen-bond donors (Lipinski definition) is 2. The molecule has 100 valence electrons. The highest BCUT2D eigenvalue weighted by molar-refractivity contribution is 7.92. The van der Waals surface area contributed by atoms with Gasteiger partial charge in [0.05, 0.1) is 21.3 Å². The first kappa shape index (κ1) is 13.6. The standard InChI is InChI=1S/C12H12ClN3O2S/c1-8-6-9(4-5-15-8)16-19(17,18)10-2-3-11(13)12(14)7-10/h2-7H,14H2,1H3,(H,15,16). The number of nitrogens with one attached hydrogen (secondary N) is 1. The van der Waals surface area contributed by atoms with Crippen molar-refractivity contribution in [2.45, 2.75) is 11.8 Å². The molecule has 0 amide bonds. The second-order valence-corrected chi connectivity index (χ2v) is 6.06. The van der Waals surface area contributed by atoms with Crippen molar-refractivity contribution in [1.29, 1.82) is 0 Å². The first-order valence-electron chi connectivity index (χ1n) is 5.39. The van der Waals surface area contributed by atoms with E-state index in [0.29, 0.717) is 10.7 Å². The second-order valence-electron chi connectivity index (χ2n) is 3.97. The zero-order chi connectivity index (χ0) is 14.0. The maximum Gasteiger partial charge on any atom is 0.261 e. The molecule has 2 aromatic rings. The average molecular weight is 298 g/mol. The van der Waals surface area contributed by atoms with E-state index in [2.05, 4.69) is 9.71 Å². The van der Waals surface area contributed by atoms with Gasteiger partial charge in [-0.3, -0.25) is 9.71 Å². The number of halogens is 1. The van der Waals surface area contributed by atoms with Crippen LogP contribution in [0.5, 0.6) is 0 Å². The lowest BCUT2D eigenvalue weighted by Crippen LogP contribution is -2.13. The zero-order valence-electron chi connectivity index (χ0n) is 10.1. The van der Waals surface area contributed by atoms with Crippen LogP contribution < -0.4 is 10.5 Å². The third-order valence-corrected chi connectivity index (χ3v) is 4.15. The lowest BCUT2D eigenvalue weighted by Gasteiger charge is -2.09. The van der Waals surface area contributed by atoms with Crippen molar-refractivity contribution < 1.29 is 8.42 Å². The third kappa shape index (κ3) is 3.15. The number of nitrogens with two attached hydrogens (primary N) is 1. The number of anilines is 2. The molecule has 1 aromatic heterocycles. The van der Waals surface area contributed by atoms with E-state index in [1.807, 2.05) is 0 Å². The van der Waals surface area contributed by atoms with Crippen LogP contribution in [-0.2, 0) is 10.0 Å². The molecule has 0 radical (unpaired) electrons. The Labute approximate surface area is 116 Å². The van der Waals surface area contributed by atoms with Crippen molar-refractivity contribution in [2.75, 3.05) is 10.5 Å². The predicted octanol–water partition coefficient (Wildman–Crippen LogP) is 2.43. The summed E-state index contributed by atoms with van der Waals surface area (Å²) in [7, 11) is -3.69. The summed E-state index contributed by atoms with van der Waals surface area (Å²) in [6, 6.07) is 7.37. The minimum absolute atomic E-state index is 0.0591. The molecule has 0 aliphatic rings. The highest BCUT2D eigenvalue weighted by Crippen LogP contribution is 2.23. The molecular formula is C12H12ClN3O2S. The molecule has 0 aliphatic heterocycles. The zero-order valence-corrected chi connectivity index (χ0v) is 11.7. The van der Waals surface area contributed by atoms with Crippen LogP contribution in [0, 0.1) is 6.92 Å². The smallest absolute Gasteiger partial charge is 0.261 e. The topological polar surface area (TPSA) is 85.1 Å². The summed E-state index contributed by atoms with van der Waals surface area (Å²) in [5, 5.41) is 0.318. The van der Waals surface area contributed by atoms with Gasteiger partial charge in [-0.15, -0.1) is 0 Å². The molecule has 0 fully saturated rings. The van der Waals surface area contributed by atoms with Crippen LogP contribution in [0.4, 0.5) is 11.4 Å². The summed E-state index contributed by atoms with van der Waals surface area (Å²) in [4.78, 5) is 4.06. The van der Waals surface area contributed by atoms with Crippen molar-refractivity contribution in [2.24, 2.45) is 0 Å². The van der Waals surface area contributed by atoms with E-state index < -0.39 is 10.0 Å². The highest BCUT2D eigenvalue weighted by atomic mass is 35.5. The largest absolute Gasteiger partial charge is 0.397 e. The molecule has 0 atom stereocenters. The summed E-state index contributed by atoms with van der Waals surface area (Å²) in [6.07, 6.45) is 1.53. The molecule has 0 saturated carbocycles. The molecule has 0 aliphatic carbocycles. The van der Waals surface area contributed by atoms with E-state index in [0.717, 1.165) is 5.69 Å². The second kappa shape index (κ2) is 5.07. The lowest BCUT2D eigenvalue weighted by molar-refractivity contribution is 0.601. The van der Waals surface area contributed by atoms with Gasteiger partial charge >= 0.3 is 0 Å². The van der Waals surface area contributed by atoms with Gasteiger partial charge in [-0.1, -0.05) is 11.6 Å². The summed E-state index contributed by atoms with van der Waals surface area (Å²) in [5.74, 6) is 0. The Morgan fingerprint density at radius 2 is 2.00 bits per heavy atom. The molecule has 1 aromatic carbocycles. The molecule has 0 spiro atoms. The molecule has 1 heterocycles. The van der Waals surface area contributed by atoms with Gasteiger partial charge < -0.3 is 5.73 Å². The first-order chi connectivity index (χ1) is 8.88. The van der Waals surface area contributed by atoms with Gasteiger partial charge in [0, 0.05) is 11.9 Å². The molecule has 0 bridgehead atoms. The minimum Gasteiger partial charge on any atom is -0.397 e. The van der Waals surface area contributed by atoms with Crippen molar-refractivity contribution in [3.8, 4) is 0 Å². The maximum atomic E-state index is 12.1. The van der Waals surface area contributed by atoms with Gasteiger partial charge in [-0.25, -0.2) is 8.42 Å². The minimum atomic E-state index is -3.69. The molecule has 0 saturated heterocycles. The number of sulfonamides is 1. The van der Waals surface area contributed by atoms with Crippen LogP contribution >= 0.6 is 11.6 Å². The van der Waals surface area contributed by atoms with Crippen LogP contribution in [-0.4, -0.2) is 13.4 Å². The van der Waals surface area contributed by atoms with E-state index in [4.69, 9.17) is 17.3 Å². The van der Waals surface area contributed by atoms with Crippen LogP contribution in [0.15, 0.2) is 41.4 Å². The predicted molar refractivity (Wildman–Crippen MR) is 75.6 cm³/mol. The summed E-state index contributed by atoms with van der Waals surface area (Å²) < 4.78 is 26.7. The molecule has 3 N–H and O–H groups in total. The fourth-order valence-corrected chi connectivity index (χ4v) is 2.71. The van der Waals surface area contributed by atoms with Gasteiger partial charge in [-0.05, 0) is 37.3 Å². The SMILES string of the molecule is Cc1cc(NS(=O)(=O)c2ccc(Cl)c(N)c2)ccn1. The van der Waals surface area contributed by atoms with Crippen molar-refractivity contribution in [3.63, 3.8) is 0 Å². The molecule has 19 heavy (non-hydrogen) atoms. The number of benzene rings is 1. The number of aromatic nitrogens is 1. The van der Waals surface area contributed by atoms with Crippen LogP contribution in [0.2, 0.25) is 5.02 Å². The Kier molecular flexibility index (Phi) is 3.64. The van der Waals surface area contributed by atoms with E-state index in [1.54, 1.807) is 19.1 Å². The molecule has 5 nitrogen and oxygen atoms in total. The van der Waals surface area contributed by atoms with Crippen LogP contribution in [0.3, 0.4) is 0 Å². The monoisotopic (exact) mass is 297 g/mol. The lowest BCUT2D eigenvalue weighted by atomic mass is 10.3. The van der Waals surface area contributed by atoms with Crippen molar-refractivity contribution in [3.05, 3.63) is 47.2 Å². The van der Waals surface area contributed by atoms with Crippen molar-refractivity contribution >= 4 is 33.0 Å². The molecule has 0 unspecified atom stereocenters. The van der Waals surface area contributed by atoms with Gasteiger partial charge in [0.25, 0.3) is 10.0 Å². The van der Waals surface area contributed by atoms with Gasteiger partial charge in [0.1, 0.15) is 0 Å². The number of nitrogen functional groups attached to an aromatic ring is 1. The number of nitrogens with zero attached hydrogens (tertiary/aromatic N) is 1. The third-order valence-electron chi connectivity index (χ3n) is 2.43. The Morgan fingerprint density at radius 3 is 2.63 bits per heavy atom.